The minimum Gasteiger partial charge on any atom is -0.477 e. The zero-order chi connectivity index (χ0) is 24.9. The van der Waals surface area contributed by atoms with E-state index in [1.165, 1.54) is 12.0 Å². The number of piperidine rings is 2. The summed E-state index contributed by atoms with van der Waals surface area (Å²) in [6.45, 7) is 8.48. The van der Waals surface area contributed by atoms with Gasteiger partial charge in [0.25, 0.3) is 0 Å². The second kappa shape index (κ2) is 11.4. The number of carbonyl (C=O) groups is 1. The molecule has 2 aliphatic heterocycles. The molecule has 0 spiro atoms. The third-order valence-corrected chi connectivity index (χ3v) is 7.83. The molecule has 36 heavy (non-hydrogen) atoms. The molecule has 2 saturated heterocycles. The van der Waals surface area contributed by atoms with Gasteiger partial charge in [-0.2, -0.15) is 4.98 Å². The number of pyridine rings is 1. The lowest BCUT2D eigenvalue weighted by molar-refractivity contribution is -0.136. The van der Waals surface area contributed by atoms with Crippen molar-refractivity contribution in [3.05, 3.63) is 35.8 Å². The molecule has 0 aromatic carbocycles. The van der Waals surface area contributed by atoms with Crippen LogP contribution in [0.5, 0.6) is 5.88 Å². The highest BCUT2D eigenvalue weighted by atomic mass is 16.5. The van der Waals surface area contributed by atoms with Crippen molar-refractivity contribution >= 4 is 17.5 Å². The van der Waals surface area contributed by atoms with Crippen LogP contribution < -0.4 is 9.64 Å². The molecule has 0 bridgehead atoms. The second-order valence-electron chi connectivity index (χ2n) is 10.8. The molecule has 5 rings (SSSR count). The highest BCUT2D eigenvalue weighted by molar-refractivity contribution is 5.80. The highest BCUT2D eigenvalue weighted by Gasteiger charge is 2.27. The molecule has 8 heteroatoms. The topological polar surface area (TPSA) is 84.6 Å². The lowest BCUT2D eigenvalue weighted by Crippen LogP contribution is -2.40. The highest BCUT2D eigenvalue weighted by Crippen LogP contribution is 2.32. The second-order valence-corrected chi connectivity index (χ2v) is 10.8. The number of rotatable bonds is 7. The van der Waals surface area contributed by atoms with E-state index >= 15 is 0 Å². The quantitative estimate of drug-likeness (QED) is 0.532. The van der Waals surface area contributed by atoms with Gasteiger partial charge >= 0.3 is 6.01 Å². The summed E-state index contributed by atoms with van der Waals surface area (Å²) in [6.07, 6.45) is 12.5. The predicted molar refractivity (Wildman–Crippen MR) is 139 cm³/mol. The molecule has 0 saturated carbocycles. The van der Waals surface area contributed by atoms with Gasteiger partial charge in [0.1, 0.15) is 0 Å². The maximum atomic E-state index is 12.8. The fourth-order valence-electron chi connectivity index (χ4n) is 5.43. The largest absolute Gasteiger partial charge is 0.477 e. The SMILES string of the molecule is CC(C)c1noc(N2CCC(COc3ccc(C4=CCC(C(=O)N5CCCCC5)CC4)cn3)CC2)n1. The van der Waals surface area contributed by atoms with Gasteiger partial charge in [0.05, 0.1) is 6.61 Å². The molecular formula is C28H39N5O3. The van der Waals surface area contributed by atoms with Gasteiger partial charge in [0.2, 0.25) is 11.8 Å². The van der Waals surface area contributed by atoms with E-state index in [4.69, 9.17) is 9.26 Å². The predicted octanol–water partition coefficient (Wildman–Crippen LogP) is 5.08. The molecule has 0 N–H and O–H groups in total. The van der Waals surface area contributed by atoms with Gasteiger partial charge in [-0.15, -0.1) is 0 Å². The smallest absolute Gasteiger partial charge is 0.324 e. The number of anilines is 1. The van der Waals surface area contributed by atoms with Gasteiger partial charge in [-0.25, -0.2) is 4.98 Å². The van der Waals surface area contributed by atoms with Crippen LogP contribution in [0.2, 0.25) is 0 Å². The van der Waals surface area contributed by atoms with E-state index in [0.717, 1.165) is 82.5 Å². The monoisotopic (exact) mass is 493 g/mol. The van der Waals surface area contributed by atoms with Gasteiger partial charge in [0, 0.05) is 50.3 Å². The first-order valence-electron chi connectivity index (χ1n) is 13.7. The molecule has 2 aromatic rings. The van der Waals surface area contributed by atoms with Gasteiger partial charge in [-0.05, 0) is 74.5 Å². The Hall–Kier alpha value is -2.90. The first kappa shape index (κ1) is 24.8. The Kier molecular flexibility index (Phi) is 7.87. The molecule has 8 nitrogen and oxygen atoms in total. The van der Waals surface area contributed by atoms with Crippen molar-refractivity contribution in [3.8, 4) is 5.88 Å². The van der Waals surface area contributed by atoms with Crippen LogP contribution in [-0.2, 0) is 4.79 Å². The molecule has 2 fully saturated rings. The lowest BCUT2D eigenvalue weighted by atomic mass is 9.86. The van der Waals surface area contributed by atoms with E-state index in [1.807, 2.05) is 12.3 Å². The molecule has 3 aliphatic rings. The molecule has 194 valence electrons. The van der Waals surface area contributed by atoms with E-state index in [9.17, 15) is 4.79 Å². The van der Waals surface area contributed by atoms with Gasteiger partial charge in [-0.3, -0.25) is 4.79 Å². The van der Waals surface area contributed by atoms with Crippen LogP contribution in [0, 0.1) is 11.8 Å². The van der Waals surface area contributed by atoms with Crippen LogP contribution in [0.3, 0.4) is 0 Å². The average Bonchev–Trinajstić information content (AvgIpc) is 3.44. The molecule has 1 unspecified atom stereocenters. The Morgan fingerprint density at radius 1 is 1.11 bits per heavy atom. The third-order valence-electron chi connectivity index (χ3n) is 7.83. The number of allylic oxidation sites excluding steroid dienone is 2. The van der Waals surface area contributed by atoms with Crippen molar-refractivity contribution < 1.29 is 14.1 Å². The Morgan fingerprint density at radius 3 is 2.56 bits per heavy atom. The number of carbonyl (C=O) groups excluding carboxylic acids is 1. The van der Waals surface area contributed by atoms with Crippen LogP contribution in [0.4, 0.5) is 6.01 Å². The van der Waals surface area contributed by atoms with Crippen molar-refractivity contribution in [2.24, 2.45) is 11.8 Å². The van der Waals surface area contributed by atoms with Gasteiger partial charge < -0.3 is 19.1 Å². The van der Waals surface area contributed by atoms with Gasteiger partial charge in [-0.1, -0.05) is 25.1 Å². The van der Waals surface area contributed by atoms with Crippen LogP contribution >= 0.6 is 0 Å². The first-order chi connectivity index (χ1) is 17.6. The van der Waals surface area contributed by atoms with E-state index in [0.29, 0.717) is 30.3 Å². The standard InChI is InChI=1S/C28H39N5O3/c1-20(2)26-30-28(36-31-26)33-16-12-21(13-17-33)19-35-25-11-10-24(18-29-25)22-6-8-23(9-7-22)27(34)32-14-4-3-5-15-32/h6,10-11,18,20-21,23H,3-5,7-9,12-17,19H2,1-2H3. The number of likely N-dealkylation sites (tertiary alicyclic amines) is 1. The van der Waals surface area contributed by atoms with Crippen LogP contribution in [0.25, 0.3) is 5.57 Å². The molecule has 0 radical (unpaired) electrons. The Bertz CT molecular complexity index is 1030. The van der Waals surface area contributed by atoms with Crippen molar-refractivity contribution in [1.29, 1.82) is 0 Å². The molecular weight excluding hydrogens is 454 g/mol. The van der Waals surface area contributed by atoms with Crippen molar-refractivity contribution in [1.82, 2.24) is 20.0 Å². The fraction of sp³-hybridized carbons (Fsp3) is 0.643. The zero-order valence-corrected chi connectivity index (χ0v) is 21.7. The van der Waals surface area contributed by atoms with E-state index in [2.05, 4.69) is 50.9 Å². The normalized spacial score (nSPS) is 21.5. The average molecular weight is 494 g/mol. The first-order valence-corrected chi connectivity index (χ1v) is 13.7. The number of nitrogens with zero attached hydrogens (tertiary/aromatic N) is 5. The van der Waals surface area contributed by atoms with Crippen molar-refractivity contribution in [2.45, 2.75) is 71.1 Å². The van der Waals surface area contributed by atoms with Crippen molar-refractivity contribution in [3.63, 3.8) is 0 Å². The third kappa shape index (κ3) is 5.90. The fourth-order valence-corrected chi connectivity index (χ4v) is 5.43. The van der Waals surface area contributed by atoms with E-state index in [1.54, 1.807) is 0 Å². The molecule has 1 atom stereocenters. The van der Waals surface area contributed by atoms with Crippen LogP contribution in [0.15, 0.2) is 28.9 Å². The summed E-state index contributed by atoms with van der Waals surface area (Å²) in [5, 5.41) is 4.08. The summed E-state index contributed by atoms with van der Waals surface area (Å²) in [4.78, 5) is 26.1. The molecule has 1 aliphatic carbocycles. The Morgan fingerprint density at radius 2 is 1.92 bits per heavy atom. The van der Waals surface area contributed by atoms with Gasteiger partial charge in [0.15, 0.2) is 5.82 Å². The number of hydrogen-bond acceptors (Lipinski definition) is 7. The summed E-state index contributed by atoms with van der Waals surface area (Å²) >= 11 is 0. The number of amides is 1. The number of hydrogen-bond donors (Lipinski definition) is 0. The Balaban J connectivity index is 1.06. The maximum Gasteiger partial charge on any atom is 0.324 e. The van der Waals surface area contributed by atoms with Crippen molar-refractivity contribution in [2.75, 3.05) is 37.7 Å². The maximum absolute atomic E-state index is 12.8. The summed E-state index contributed by atoms with van der Waals surface area (Å²) in [7, 11) is 0. The summed E-state index contributed by atoms with van der Waals surface area (Å²) in [6, 6.07) is 4.71. The lowest BCUT2D eigenvalue weighted by Gasteiger charge is -2.31. The summed E-state index contributed by atoms with van der Waals surface area (Å²) in [5.41, 5.74) is 2.44. The van der Waals surface area contributed by atoms with Crippen LogP contribution in [0.1, 0.15) is 82.5 Å². The summed E-state index contributed by atoms with van der Waals surface area (Å²) < 4.78 is 11.5. The van der Waals surface area contributed by atoms with E-state index in [-0.39, 0.29) is 11.8 Å². The van der Waals surface area contributed by atoms with E-state index < -0.39 is 0 Å². The zero-order valence-electron chi connectivity index (χ0n) is 21.7. The Labute approximate surface area is 214 Å². The number of aromatic nitrogens is 3. The molecule has 1 amide bonds. The minimum atomic E-state index is 0.144. The molecule has 2 aromatic heterocycles. The molecule has 4 heterocycles. The van der Waals surface area contributed by atoms with Crippen LogP contribution in [-0.4, -0.2) is 58.7 Å². The minimum absolute atomic E-state index is 0.144. The number of ether oxygens (including phenoxy) is 1. The summed E-state index contributed by atoms with van der Waals surface area (Å²) in [5.74, 6) is 2.70.